The fourth-order valence-corrected chi connectivity index (χ4v) is 2.97. The molecule has 0 amide bonds. The number of nitrogens with one attached hydrogen (secondary N) is 1. The van der Waals surface area contributed by atoms with Crippen LogP contribution in [-0.4, -0.2) is 16.3 Å². The lowest BCUT2D eigenvalue weighted by Crippen LogP contribution is -2.25. The van der Waals surface area contributed by atoms with Crippen LogP contribution in [0, 0.1) is 13.8 Å². The smallest absolute Gasteiger partial charge is 0.0596 e. The Morgan fingerprint density at radius 1 is 1.29 bits per heavy atom. The van der Waals surface area contributed by atoms with Crippen LogP contribution in [-0.2, 0) is 13.0 Å². The van der Waals surface area contributed by atoms with Crippen molar-refractivity contribution in [3.63, 3.8) is 0 Å². The van der Waals surface area contributed by atoms with Crippen LogP contribution in [0.25, 0.3) is 0 Å². The Morgan fingerprint density at radius 2 is 2.05 bits per heavy atom. The maximum absolute atomic E-state index is 6.28. The molecule has 1 aromatic heterocycles. The maximum Gasteiger partial charge on any atom is 0.0596 e. The second-order valence-electron chi connectivity index (χ2n) is 5.36. The number of rotatable bonds is 6. The number of hydrogen-bond donors (Lipinski definition) is 1. The molecule has 0 bridgehead atoms. The first-order chi connectivity index (χ1) is 10.1. The third-order valence-electron chi connectivity index (χ3n) is 3.83. The minimum Gasteiger partial charge on any atom is -0.310 e. The predicted molar refractivity (Wildman–Crippen MR) is 88.9 cm³/mol. The summed E-state index contributed by atoms with van der Waals surface area (Å²) in [5.41, 5.74) is 4.76. The Kier molecular flexibility index (Phi) is 5.43. The van der Waals surface area contributed by atoms with E-state index in [1.807, 2.05) is 19.1 Å². The topological polar surface area (TPSA) is 29.9 Å². The first kappa shape index (κ1) is 16.1. The fraction of sp³-hybridized carbons (Fsp3) is 0.471. The van der Waals surface area contributed by atoms with Crippen molar-refractivity contribution < 1.29 is 0 Å². The van der Waals surface area contributed by atoms with Gasteiger partial charge in [-0.05, 0) is 50.6 Å². The summed E-state index contributed by atoms with van der Waals surface area (Å²) in [5.74, 6) is 0. The molecule has 1 N–H and O–H groups in total. The van der Waals surface area contributed by atoms with E-state index in [4.69, 9.17) is 11.6 Å². The molecule has 21 heavy (non-hydrogen) atoms. The highest BCUT2D eigenvalue weighted by molar-refractivity contribution is 6.31. The van der Waals surface area contributed by atoms with E-state index in [0.29, 0.717) is 0 Å². The minimum absolute atomic E-state index is 0.259. The van der Waals surface area contributed by atoms with Crippen molar-refractivity contribution in [2.24, 2.45) is 0 Å². The minimum atomic E-state index is 0.259. The fourth-order valence-electron chi connectivity index (χ4n) is 2.79. The van der Waals surface area contributed by atoms with Gasteiger partial charge in [0.05, 0.1) is 5.69 Å². The summed E-state index contributed by atoms with van der Waals surface area (Å²) >= 11 is 6.28. The van der Waals surface area contributed by atoms with Crippen LogP contribution in [0.1, 0.15) is 42.4 Å². The highest BCUT2D eigenvalue weighted by Gasteiger charge is 2.17. The molecule has 3 nitrogen and oxygen atoms in total. The Labute approximate surface area is 132 Å². The Bertz CT molecular complexity index is 604. The summed E-state index contributed by atoms with van der Waals surface area (Å²) in [5, 5.41) is 8.94. The average molecular weight is 306 g/mol. The first-order valence-electron chi connectivity index (χ1n) is 7.58. The molecule has 0 spiro atoms. The molecule has 0 aliphatic rings. The van der Waals surface area contributed by atoms with Gasteiger partial charge in [0.25, 0.3) is 0 Å². The van der Waals surface area contributed by atoms with Gasteiger partial charge in [0, 0.05) is 29.7 Å². The quantitative estimate of drug-likeness (QED) is 0.872. The van der Waals surface area contributed by atoms with Crippen molar-refractivity contribution in [1.29, 1.82) is 0 Å². The molecule has 0 saturated heterocycles. The zero-order chi connectivity index (χ0) is 15.4. The van der Waals surface area contributed by atoms with Gasteiger partial charge in [-0.1, -0.05) is 30.7 Å². The standard InChI is InChI=1S/C17H24ClN3/c1-5-19-17(15-8-7-9-16(18)13(15)4)11-14-10-12(3)20-21(14)6-2/h7-10,17,19H,5-6,11H2,1-4H3. The molecule has 2 rings (SSSR count). The van der Waals surface area contributed by atoms with E-state index in [0.717, 1.165) is 35.8 Å². The molecule has 1 unspecified atom stereocenters. The summed E-state index contributed by atoms with van der Waals surface area (Å²) in [6, 6.07) is 8.57. The van der Waals surface area contributed by atoms with Gasteiger partial charge in [0.2, 0.25) is 0 Å². The molecule has 4 heteroatoms. The Hall–Kier alpha value is -1.32. The lowest BCUT2D eigenvalue weighted by atomic mass is 9.97. The highest BCUT2D eigenvalue weighted by Crippen LogP contribution is 2.26. The number of hydrogen-bond acceptors (Lipinski definition) is 2. The van der Waals surface area contributed by atoms with E-state index in [1.54, 1.807) is 0 Å². The van der Waals surface area contributed by atoms with Crippen LogP contribution in [0.15, 0.2) is 24.3 Å². The third-order valence-corrected chi connectivity index (χ3v) is 4.24. The van der Waals surface area contributed by atoms with Gasteiger partial charge in [0.1, 0.15) is 0 Å². The summed E-state index contributed by atoms with van der Waals surface area (Å²) in [7, 11) is 0. The van der Waals surface area contributed by atoms with E-state index >= 15 is 0 Å². The molecule has 0 aliphatic carbocycles. The Morgan fingerprint density at radius 3 is 2.71 bits per heavy atom. The highest BCUT2D eigenvalue weighted by atomic mass is 35.5. The van der Waals surface area contributed by atoms with Crippen molar-refractivity contribution in [2.75, 3.05) is 6.54 Å². The van der Waals surface area contributed by atoms with Crippen LogP contribution in [0.5, 0.6) is 0 Å². The second kappa shape index (κ2) is 7.10. The summed E-state index contributed by atoms with van der Waals surface area (Å²) in [4.78, 5) is 0. The van der Waals surface area contributed by atoms with Gasteiger partial charge >= 0.3 is 0 Å². The number of aryl methyl sites for hydroxylation is 2. The predicted octanol–water partition coefficient (Wildman–Crippen LogP) is 4.07. The molecular weight excluding hydrogens is 282 g/mol. The van der Waals surface area contributed by atoms with Crippen LogP contribution in [0.3, 0.4) is 0 Å². The SMILES string of the molecule is CCNC(Cc1cc(C)nn1CC)c1cccc(Cl)c1C. The molecular formula is C17H24ClN3. The van der Waals surface area contributed by atoms with Gasteiger partial charge in [-0.15, -0.1) is 0 Å². The van der Waals surface area contributed by atoms with Gasteiger partial charge in [0.15, 0.2) is 0 Å². The third kappa shape index (κ3) is 3.66. The van der Waals surface area contributed by atoms with Crippen molar-refractivity contribution in [1.82, 2.24) is 15.1 Å². The van der Waals surface area contributed by atoms with Crippen LogP contribution in [0.4, 0.5) is 0 Å². The average Bonchev–Trinajstić information content (AvgIpc) is 2.81. The lowest BCUT2D eigenvalue weighted by Gasteiger charge is -2.21. The van der Waals surface area contributed by atoms with E-state index < -0.39 is 0 Å². The summed E-state index contributed by atoms with van der Waals surface area (Å²) in [6.07, 6.45) is 0.920. The second-order valence-corrected chi connectivity index (χ2v) is 5.77. The van der Waals surface area contributed by atoms with E-state index in [-0.39, 0.29) is 6.04 Å². The normalized spacial score (nSPS) is 12.6. The summed E-state index contributed by atoms with van der Waals surface area (Å²) in [6.45, 7) is 10.2. The van der Waals surface area contributed by atoms with Gasteiger partial charge in [-0.2, -0.15) is 5.10 Å². The van der Waals surface area contributed by atoms with Crippen molar-refractivity contribution >= 4 is 11.6 Å². The monoisotopic (exact) mass is 305 g/mol. The maximum atomic E-state index is 6.28. The molecule has 1 atom stereocenters. The van der Waals surface area contributed by atoms with E-state index in [2.05, 4.69) is 48.0 Å². The van der Waals surface area contributed by atoms with E-state index in [9.17, 15) is 0 Å². The van der Waals surface area contributed by atoms with Crippen molar-refractivity contribution in [3.05, 3.63) is 51.8 Å². The molecule has 0 fully saturated rings. The summed E-state index contributed by atoms with van der Waals surface area (Å²) < 4.78 is 2.08. The first-order valence-corrected chi connectivity index (χ1v) is 7.96. The largest absolute Gasteiger partial charge is 0.310 e. The molecule has 114 valence electrons. The van der Waals surface area contributed by atoms with Gasteiger partial charge < -0.3 is 5.32 Å². The van der Waals surface area contributed by atoms with E-state index in [1.165, 1.54) is 11.3 Å². The van der Waals surface area contributed by atoms with Crippen molar-refractivity contribution in [3.8, 4) is 0 Å². The molecule has 2 aromatic rings. The number of nitrogens with zero attached hydrogens (tertiary/aromatic N) is 2. The molecule has 0 saturated carbocycles. The molecule has 1 heterocycles. The lowest BCUT2D eigenvalue weighted by molar-refractivity contribution is 0.514. The number of halogens is 1. The number of aromatic nitrogens is 2. The number of benzene rings is 1. The van der Waals surface area contributed by atoms with Gasteiger partial charge in [-0.25, -0.2) is 0 Å². The zero-order valence-corrected chi connectivity index (χ0v) is 14.0. The van der Waals surface area contributed by atoms with Crippen molar-refractivity contribution in [2.45, 2.75) is 46.7 Å². The molecule has 0 radical (unpaired) electrons. The van der Waals surface area contributed by atoms with Crippen LogP contribution in [0.2, 0.25) is 5.02 Å². The van der Waals surface area contributed by atoms with Crippen LogP contribution < -0.4 is 5.32 Å². The van der Waals surface area contributed by atoms with Crippen LogP contribution >= 0.6 is 11.6 Å². The molecule has 1 aromatic carbocycles. The molecule has 0 aliphatic heterocycles. The van der Waals surface area contributed by atoms with Gasteiger partial charge in [-0.3, -0.25) is 4.68 Å². The number of likely N-dealkylation sites (N-methyl/N-ethyl adjacent to an activating group) is 1. The Balaban J connectivity index is 2.33. The zero-order valence-electron chi connectivity index (χ0n) is 13.3.